The zero-order valence-corrected chi connectivity index (χ0v) is 11.3. The first-order valence-corrected chi connectivity index (χ1v) is 6.21. The fraction of sp³-hybridized carbons (Fsp3) is 0.385. The van der Waals surface area contributed by atoms with E-state index < -0.39 is 42.7 Å². The number of nitrogens with one attached hydrogen (secondary N) is 2. The average Bonchev–Trinajstić information content (AvgIpc) is 2.43. The van der Waals surface area contributed by atoms with E-state index in [1.807, 2.05) is 0 Å². The molecule has 0 aromatic heterocycles. The van der Waals surface area contributed by atoms with E-state index in [4.69, 9.17) is 0 Å². The molecule has 0 unspecified atom stereocenters. The van der Waals surface area contributed by atoms with Crippen LogP contribution in [0.5, 0.6) is 0 Å². The Morgan fingerprint density at radius 2 is 1.68 bits per heavy atom. The summed E-state index contributed by atoms with van der Waals surface area (Å²) >= 11 is 0. The van der Waals surface area contributed by atoms with E-state index in [1.54, 1.807) is 5.32 Å². The second-order valence-electron chi connectivity index (χ2n) is 4.42. The lowest BCUT2D eigenvalue weighted by Gasteiger charge is -2.09. The molecular formula is C13H13F5N2O2. The highest BCUT2D eigenvalue weighted by atomic mass is 19.4. The average molecular weight is 324 g/mol. The zero-order valence-electron chi connectivity index (χ0n) is 11.3. The predicted octanol–water partition coefficient (Wildman–Crippen LogP) is 1.69. The molecule has 2 amide bonds. The SMILES string of the molecule is O=C(CCc1ccc(F)c(F)c1)NCC(=O)NCC(F)(F)F. The van der Waals surface area contributed by atoms with Crippen LogP contribution in [0.3, 0.4) is 0 Å². The van der Waals surface area contributed by atoms with Crippen LogP contribution >= 0.6 is 0 Å². The Morgan fingerprint density at radius 3 is 2.27 bits per heavy atom. The van der Waals surface area contributed by atoms with Gasteiger partial charge in [0.1, 0.15) is 6.54 Å². The van der Waals surface area contributed by atoms with Gasteiger partial charge in [0.25, 0.3) is 0 Å². The number of amides is 2. The van der Waals surface area contributed by atoms with Crippen molar-refractivity contribution in [2.24, 2.45) is 0 Å². The first-order valence-electron chi connectivity index (χ1n) is 6.21. The number of hydrogen-bond donors (Lipinski definition) is 2. The molecular weight excluding hydrogens is 311 g/mol. The maximum atomic E-state index is 12.9. The Labute approximate surface area is 122 Å². The minimum Gasteiger partial charge on any atom is -0.347 e. The number of carbonyl (C=O) groups excluding carboxylic acids is 2. The minimum atomic E-state index is -4.52. The summed E-state index contributed by atoms with van der Waals surface area (Å²) in [5.74, 6) is -3.61. The van der Waals surface area contributed by atoms with Crippen LogP contribution in [0.1, 0.15) is 12.0 Å². The third-order valence-electron chi connectivity index (χ3n) is 2.56. The summed E-state index contributed by atoms with van der Waals surface area (Å²) in [6.07, 6.45) is -4.53. The molecule has 0 atom stereocenters. The van der Waals surface area contributed by atoms with E-state index in [9.17, 15) is 31.5 Å². The summed E-state index contributed by atoms with van der Waals surface area (Å²) in [5.41, 5.74) is 0.385. The van der Waals surface area contributed by atoms with E-state index in [1.165, 1.54) is 6.07 Å². The van der Waals surface area contributed by atoms with Crippen LogP contribution in [0, 0.1) is 11.6 Å². The Hall–Kier alpha value is -2.19. The van der Waals surface area contributed by atoms with Crippen LogP contribution in [0.15, 0.2) is 18.2 Å². The van der Waals surface area contributed by atoms with Gasteiger partial charge in [-0.05, 0) is 24.1 Å². The summed E-state index contributed by atoms with van der Waals surface area (Å²) in [4.78, 5) is 22.4. The van der Waals surface area contributed by atoms with Gasteiger partial charge in [0, 0.05) is 6.42 Å². The molecule has 1 aromatic rings. The number of hydrogen-bond acceptors (Lipinski definition) is 2. The van der Waals surface area contributed by atoms with Crippen molar-refractivity contribution in [3.8, 4) is 0 Å². The molecule has 22 heavy (non-hydrogen) atoms. The molecule has 0 saturated carbocycles. The summed E-state index contributed by atoms with van der Waals surface area (Å²) in [6, 6.07) is 3.17. The summed E-state index contributed by atoms with van der Waals surface area (Å²) in [6.45, 7) is -2.07. The quantitative estimate of drug-likeness (QED) is 0.783. The van der Waals surface area contributed by atoms with Crippen molar-refractivity contribution in [3.05, 3.63) is 35.4 Å². The van der Waals surface area contributed by atoms with E-state index >= 15 is 0 Å². The lowest BCUT2D eigenvalue weighted by Crippen LogP contribution is -2.40. The number of carbonyl (C=O) groups is 2. The first-order chi connectivity index (χ1) is 10.2. The monoisotopic (exact) mass is 324 g/mol. The summed E-state index contributed by atoms with van der Waals surface area (Å²) in [5, 5.41) is 3.72. The smallest absolute Gasteiger partial charge is 0.347 e. The number of rotatable bonds is 6. The predicted molar refractivity (Wildman–Crippen MR) is 66.8 cm³/mol. The minimum absolute atomic E-state index is 0.104. The van der Waals surface area contributed by atoms with E-state index in [-0.39, 0.29) is 12.8 Å². The molecule has 4 nitrogen and oxygen atoms in total. The number of benzene rings is 1. The molecule has 0 heterocycles. The van der Waals surface area contributed by atoms with Crippen LogP contribution in [0.4, 0.5) is 22.0 Å². The number of halogens is 5. The Kier molecular flexibility index (Phi) is 6.26. The largest absolute Gasteiger partial charge is 0.405 e. The van der Waals surface area contributed by atoms with Gasteiger partial charge < -0.3 is 10.6 Å². The van der Waals surface area contributed by atoms with Gasteiger partial charge in [-0.2, -0.15) is 13.2 Å². The maximum absolute atomic E-state index is 12.9. The standard InChI is InChI=1S/C13H13F5N2O2/c14-9-3-1-8(5-10(9)15)2-4-11(21)19-6-12(22)20-7-13(16,17)18/h1,3,5H,2,4,6-7H2,(H,19,21)(H,20,22). The molecule has 0 saturated heterocycles. The Bertz CT molecular complexity index is 546. The summed E-state index contributed by atoms with van der Waals surface area (Å²) < 4.78 is 61.1. The zero-order chi connectivity index (χ0) is 16.8. The van der Waals surface area contributed by atoms with Crippen LogP contribution < -0.4 is 10.6 Å². The van der Waals surface area contributed by atoms with E-state index in [0.29, 0.717) is 5.56 Å². The highest BCUT2D eigenvalue weighted by molar-refractivity contribution is 5.84. The van der Waals surface area contributed by atoms with Gasteiger partial charge in [0.15, 0.2) is 11.6 Å². The van der Waals surface area contributed by atoms with E-state index in [0.717, 1.165) is 12.1 Å². The molecule has 0 fully saturated rings. The Morgan fingerprint density at radius 1 is 1.00 bits per heavy atom. The third-order valence-corrected chi connectivity index (χ3v) is 2.56. The van der Waals surface area contributed by atoms with Crippen LogP contribution in [0.2, 0.25) is 0 Å². The van der Waals surface area contributed by atoms with Crippen molar-refractivity contribution in [1.29, 1.82) is 0 Å². The molecule has 2 N–H and O–H groups in total. The molecule has 0 aliphatic heterocycles. The molecule has 0 spiro atoms. The molecule has 1 rings (SSSR count). The highest BCUT2D eigenvalue weighted by Gasteiger charge is 2.27. The van der Waals surface area contributed by atoms with Crippen LogP contribution in [-0.4, -0.2) is 31.1 Å². The van der Waals surface area contributed by atoms with Crippen molar-refractivity contribution in [2.45, 2.75) is 19.0 Å². The van der Waals surface area contributed by atoms with Gasteiger partial charge in [0.05, 0.1) is 6.54 Å². The van der Waals surface area contributed by atoms with Crippen molar-refractivity contribution in [2.75, 3.05) is 13.1 Å². The molecule has 0 aliphatic carbocycles. The molecule has 0 radical (unpaired) electrons. The van der Waals surface area contributed by atoms with E-state index in [2.05, 4.69) is 5.32 Å². The first kappa shape index (κ1) is 17.9. The van der Waals surface area contributed by atoms with Crippen molar-refractivity contribution in [1.82, 2.24) is 10.6 Å². The van der Waals surface area contributed by atoms with Gasteiger partial charge in [0.2, 0.25) is 11.8 Å². The Balaban J connectivity index is 2.28. The molecule has 0 bridgehead atoms. The van der Waals surface area contributed by atoms with Gasteiger partial charge in [-0.1, -0.05) is 6.07 Å². The van der Waals surface area contributed by atoms with Gasteiger partial charge in [-0.25, -0.2) is 8.78 Å². The summed E-state index contributed by atoms with van der Waals surface area (Å²) in [7, 11) is 0. The molecule has 0 aliphatic rings. The highest BCUT2D eigenvalue weighted by Crippen LogP contribution is 2.12. The van der Waals surface area contributed by atoms with Crippen LogP contribution in [-0.2, 0) is 16.0 Å². The number of aryl methyl sites for hydroxylation is 1. The van der Waals surface area contributed by atoms with Crippen molar-refractivity contribution < 1.29 is 31.5 Å². The fourth-order valence-corrected chi connectivity index (χ4v) is 1.48. The second-order valence-corrected chi connectivity index (χ2v) is 4.42. The van der Waals surface area contributed by atoms with Crippen molar-refractivity contribution >= 4 is 11.8 Å². The van der Waals surface area contributed by atoms with Crippen molar-refractivity contribution in [3.63, 3.8) is 0 Å². The molecule has 1 aromatic carbocycles. The fourth-order valence-electron chi connectivity index (χ4n) is 1.48. The lowest BCUT2D eigenvalue weighted by molar-refractivity contribution is -0.138. The third kappa shape index (κ3) is 7.00. The topological polar surface area (TPSA) is 58.2 Å². The maximum Gasteiger partial charge on any atom is 0.405 e. The van der Waals surface area contributed by atoms with Gasteiger partial charge in [-0.3, -0.25) is 9.59 Å². The van der Waals surface area contributed by atoms with Crippen LogP contribution in [0.25, 0.3) is 0 Å². The number of alkyl halides is 3. The molecule has 9 heteroatoms. The lowest BCUT2D eigenvalue weighted by atomic mass is 10.1. The molecule has 122 valence electrons. The second kappa shape index (κ2) is 7.71. The van der Waals surface area contributed by atoms with Gasteiger partial charge >= 0.3 is 6.18 Å². The van der Waals surface area contributed by atoms with Gasteiger partial charge in [-0.15, -0.1) is 0 Å². The normalized spacial score (nSPS) is 11.1.